The average molecular weight is 439 g/mol. The molecule has 0 radical (unpaired) electrons. The van der Waals surface area contributed by atoms with Gasteiger partial charge in [0, 0.05) is 11.8 Å². The Bertz CT molecular complexity index is 1200. The molecule has 0 spiro atoms. The Morgan fingerprint density at radius 2 is 1.68 bits per heavy atom. The highest BCUT2D eigenvalue weighted by Crippen LogP contribution is 2.32. The zero-order valence-corrected chi connectivity index (χ0v) is 17.8. The molecule has 1 N–H and O–H groups in total. The van der Waals surface area contributed by atoms with E-state index in [1.807, 2.05) is 13.0 Å². The summed E-state index contributed by atoms with van der Waals surface area (Å²) in [4.78, 5) is 13.0. The summed E-state index contributed by atoms with van der Waals surface area (Å²) in [5.74, 6) is 0.673. The van der Waals surface area contributed by atoms with Crippen LogP contribution in [0.3, 0.4) is 0 Å². The number of carbonyl (C=O) groups excluding carboxylic acids is 1. The minimum atomic E-state index is -3.94. The summed E-state index contributed by atoms with van der Waals surface area (Å²) in [7, 11) is -3.94. The number of fused-ring (bicyclic) bond motifs is 1. The van der Waals surface area contributed by atoms with Crippen molar-refractivity contribution < 1.29 is 22.7 Å². The van der Waals surface area contributed by atoms with E-state index >= 15 is 0 Å². The largest absolute Gasteiger partial charge is 0.486 e. The topological polar surface area (TPSA) is 84.9 Å². The third-order valence-electron chi connectivity index (χ3n) is 4.73. The fourth-order valence-corrected chi connectivity index (χ4v) is 4.70. The van der Waals surface area contributed by atoms with Crippen LogP contribution in [-0.2, 0) is 14.8 Å². The maximum absolute atomic E-state index is 13.3. The molecule has 0 bridgehead atoms. The monoisotopic (exact) mass is 438 g/mol. The average Bonchev–Trinajstić information content (AvgIpc) is 2.78. The number of hydrogen-bond donors (Lipinski definition) is 1. The Balaban J connectivity index is 1.61. The first-order chi connectivity index (χ1) is 14.9. The van der Waals surface area contributed by atoms with E-state index in [4.69, 9.17) is 9.47 Å². The van der Waals surface area contributed by atoms with Gasteiger partial charge in [0.05, 0.1) is 10.6 Å². The quantitative estimate of drug-likeness (QED) is 0.636. The predicted molar refractivity (Wildman–Crippen MR) is 118 cm³/mol. The summed E-state index contributed by atoms with van der Waals surface area (Å²) in [5, 5.41) is 2.75. The second-order valence-electron chi connectivity index (χ2n) is 7.07. The lowest BCUT2D eigenvalue weighted by Gasteiger charge is -2.24. The molecule has 7 nitrogen and oxygen atoms in total. The van der Waals surface area contributed by atoms with Gasteiger partial charge in [-0.15, -0.1) is 0 Å². The van der Waals surface area contributed by atoms with Gasteiger partial charge in [0.25, 0.3) is 10.0 Å². The van der Waals surface area contributed by atoms with Crippen molar-refractivity contribution >= 4 is 27.3 Å². The van der Waals surface area contributed by atoms with Gasteiger partial charge < -0.3 is 14.8 Å². The van der Waals surface area contributed by atoms with Crippen LogP contribution in [-0.4, -0.2) is 34.1 Å². The summed E-state index contributed by atoms with van der Waals surface area (Å²) in [6.45, 7) is 2.39. The van der Waals surface area contributed by atoms with Crippen LogP contribution in [0.5, 0.6) is 11.5 Å². The maximum Gasteiger partial charge on any atom is 0.264 e. The number of carbonyl (C=O) groups is 1. The van der Waals surface area contributed by atoms with Crippen LogP contribution in [0.25, 0.3) is 0 Å². The van der Waals surface area contributed by atoms with Crippen molar-refractivity contribution in [3.05, 3.63) is 78.4 Å². The lowest BCUT2D eigenvalue weighted by Crippen LogP contribution is -2.38. The number of nitrogens with zero attached hydrogens (tertiary/aromatic N) is 1. The van der Waals surface area contributed by atoms with Crippen LogP contribution in [0.4, 0.5) is 11.4 Å². The first-order valence-electron chi connectivity index (χ1n) is 9.77. The van der Waals surface area contributed by atoms with E-state index < -0.39 is 15.9 Å². The fourth-order valence-electron chi connectivity index (χ4n) is 3.27. The van der Waals surface area contributed by atoms with Crippen LogP contribution in [0.15, 0.2) is 77.7 Å². The smallest absolute Gasteiger partial charge is 0.264 e. The molecule has 1 aliphatic rings. The number of aryl methyl sites for hydroxylation is 1. The predicted octanol–water partition coefficient (Wildman–Crippen LogP) is 3.60. The van der Waals surface area contributed by atoms with Gasteiger partial charge in [0.1, 0.15) is 19.8 Å². The van der Waals surface area contributed by atoms with E-state index in [1.165, 1.54) is 12.1 Å². The van der Waals surface area contributed by atoms with Gasteiger partial charge in [-0.3, -0.25) is 9.10 Å². The molecule has 0 fully saturated rings. The number of hydrogen-bond acceptors (Lipinski definition) is 5. The molecule has 0 saturated carbocycles. The van der Waals surface area contributed by atoms with Crippen LogP contribution >= 0.6 is 0 Å². The lowest BCUT2D eigenvalue weighted by molar-refractivity contribution is -0.114. The molecule has 0 aliphatic carbocycles. The zero-order chi connectivity index (χ0) is 21.8. The van der Waals surface area contributed by atoms with Crippen LogP contribution < -0.4 is 19.1 Å². The molecule has 1 heterocycles. The minimum Gasteiger partial charge on any atom is -0.486 e. The third kappa shape index (κ3) is 4.64. The van der Waals surface area contributed by atoms with Crippen molar-refractivity contribution in [2.45, 2.75) is 11.8 Å². The summed E-state index contributed by atoms with van der Waals surface area (Å²) < 4.78 is 38.8. The van der Waals surface area contributed by atoms with E-state index in [-0.39, 0.29) is 11.4 Å². The second-order valence-corrected chi connectivity index (χ2v) is 8.93. The van der Waals surface area contributed by atoms with E-state index in [0.29, 0.717) is 36.1 Å². The Morgan fingerprint density at radius 1 is 0.935 bits per heavy atom. The SMILES string of the molecule is Cc1cccc(N(CC(=O)Nc2ccc3c(c2)OCCO3)S(=O)(=O)c2ccccc2)c1. The molecule has 31 heavy (non-hydrogen) atoms. The van der Waals surface area contributed by atoms with Crippen molar-refractivity contribution in [3.8, 4) is 11.5 Å². The highest BCUT2D eigenvalue weighted by atomic mass is 32.2. The fraction of sp³-hybridized carbons (Fsp3) is 0.174. The molecule has 8 heteroatoms. The Hall–Kier alpha value is -3.52. The third-order valence-corrected chi connectivity index (χ3v) is 6.52. The first-order valence-corrected chi connectivity index (χ1v) is 11.2. The molecule has 0 saturated heterocycles. The lowest BCUT2D eigenvalue weighted by atomic mass is 10.2. The van der Waals surface area contributed by atoms with Gasteiger partial charge in [-0.25, -0.2) is 8.42 Å². The molecule has 0 unspecified atom stereocenters. The zero-order valence-electron chi connectivity index (χ0n) is 16.9. The summed E-state index contributed by atoms with van der Waals surface area (Å²) in [6, 6.07) is 20.2. The number of nitrogens with one attached hydrogen (secondary N) is 1. The van der Waals surface area contributed by atoms with Gasteiger partial charge >= 0.3 is 0 Å². The molecule has 0 aromatic heterocycles. The minimum absolute atomic E-state index is 0.114. The Kier molecular flexibility index (Phi) is 5.81. The number of amides is 1. The van der Waals surface area contributed by atoms with Gasteiger partial charge in [-0.1, -0.05) is 30.3 Å². The van der Waals surface area contributed by atoms with Gasteiger partial charge in [-0.05, 0) is 48.9 Å². The maximum atomic E-state index is 13.3. The van der Waals surface area contributed by atoms with E-state index in [9.17, 15) is 13.2 Å². The molecule has 1 amide bonds. The summed E-state index contributed by atoms with van der Waals surface area (Å²) >= 11 is 0. The molecule has 3 aromatic carbocycles. The molecule has 160 valence electrons. The molecular weight excluding hydrogens is 416 g/mol. The number of ether oxygens (including phenoxy) is 2. The molecule has 3 aromatic rings. The van der Waals surface area contributed by atoms with Gasteiger partial charge in [-0.2, -0.15) is 0 Å². The molecule has 0 atom stereocenters. The van der Waals surface area contributed by atoms with E-state index in [0.717, 1.165) is 9.87 Å². The van der Waals surface area contributed by atoms with Crippen LogP contribution in [0.2, 0.25) is 0 Å². The van der Waals surface area contributed by atoms with E-state index in [2.05, 4.69) is 5.32 Å². The highest BCUT2D eigenvalue weighted by Gasteiger charge is 2.27. The summed E-state index contributed by atoms with van der Waals surface area (Å²) in [5.41, 5.74) is 1.80. The number of benzene rings is 3. The highest BCUT2D eigenvalue weighted by molar-refractivity contribution is 7.92. The van der Waals surface area contributed by atoms with Crippen molar-refractivity contribution in [2.75, 3.05) is 29.4 Å². The van der Waals surface area contributed by atoms with Gasteiger partial charge in [0.2, 0.25) is 5.91 Å². The Labute approximate surface area is 181 Å². The van der Waals surface area contributed by atoms with Crippen LogP contribution in [0, 0.1) is 6.92 Å². The van der Waals surface area contributed by atoms with Crippen molar-refractivity contribution in [1.29, 1.82) is 0 Å². The van der Waals surface area contributed by atoms with Gasteiger partial charge in [0.15, 0.2) is 11.5 Å². The Morgan fingerprint density at radius 3 is 2.42 bits per heavy atom. The normalized spacial score (nSPS) is 12.8. The number of anilines is 2. The second kappa shape index (κ2) is 8.69. The molecular formula is C23H22N2O5S. The molecule has 4 rings (SSSR count). The van der Waals surface area contributed by atoms with Crippen molar-refractivity contribution in [1.82, 2.24) is 0 Å². The molecule has 1 aliphatic heterocycles. The summed E-state index contributed by atoms with van der Waals surface area (Å²) in [6.07, 6.45) is 0. The number of sulfonamides is 1. The first kappa shape index (κ1) is 20.7. The van der Waals surface area contributed by atoms with Crippen molar-refractivity contribution in [3.63, 3.8) is 0 Å². The van der Waals surface area contributed by atoms with Crippen LogP contribution in [0.1, 0.15) is 5.56 Å². The van der Waals surface area contributed by atoms with E-state index in [1.54, 1.807) is 54.6 Å². The van der Waals surface area contributed by atoms with Crippen molar-refractivity contribution in [2.24, 2.45) is 0 Å². The number of rotatable bonds is 6. The standard InChI is InChI=1S/C23H22N2O5S/c1-17-6-5-7-19(14-17)25(31(27,28)20-8-3-2-4-9-20)16-23(26)24-18-10-11-21-22(15-18)30-13-12-29-21/h2-11,14-15H,12-13,16H2,1H3,(H,24,26).